The second-order valence-electron chi connectivity index (χ2n) is 6.60. The van der Waals surface area contributed by atoms with Crippen molar-refractivity contribution in [1.29, 1.82) is 0 Å². The molecule has 1 amide bonds. The van der Waals surface area contributed by atoms with Gasteiger partial charge in [-0.3, -0.25) is 9.36 Å². The smallest absolute Gasteiger partial charge is 0.346 e. The van der Waals surface area contributed by atoms with Crippen LogP contribution in [-0.2, 0) is 17.9 Å². The van der Waals surface area contributed by atoms with Crippen molar-refractivity contribution in [3.8, 4) is 10.7 Å². The van der Waals surface area contributed by atoms with E-state index in [1.54, 1.807) is 15.9 Å². The molecule has 6 nitrogen and oxygen atoms in total. The van der Waals surface area contributed by atoms with Crippen LogP contribution in [0, 0.1) is 6.92 Å². The lowest BCUT2D eigenvalue weighted by atomic mass is 10.1. The summed E-state index contributed by atoms with van der Waals surface area (Å²) in [5.74, 6) is 0.449. The SMILES string of the molecule is Cc1ccc(CNC(=O)Cn2nc(-c3cccs3)n(C3CC3)c2=O)cc1. The Hall–Kier alpha value is -2.67. The summed E-state index contributed by atoms with van der Waals surface area (Å²) >= 11 is 1.55. The van der Waals surface area contributed by atoms with Crippen LogP contribution in [0.4, 0.5) is 0 Å². The molecule has 134 valence electrons. The highest BCUT2D eigenvalue weighted by atomic mass is 32.1. The third-order valence-corrected chi connectivity index (χ3v) is 5.29. The largest absolute Gasteiger partial charge is 0.350 e. The Balaban J connectivity index is 1.49. The van der Waals surface area contributed by atoms with E-state index in [9.17, 15) is 9.59 Å². The third-order valence-electron chi connectivity index (χ3n) is 4.43. The fourth-order valence-electron chi connectivity index (χ4n) is 2.86. The van der Waals surface area contributed by atoms with Gasteiger partial charge in [0.25, 0.3) is 0 Å². The van der Waals surface area contributed by atoms with Crippen LogP contribution >= 0.6 is 11.3 Å². The summed E-state index contributed by atoms with van der Waals surface area (Å²) in [6.45, 7) is 2.40. The molecule has 0 unspecified atom stereocenters. The predicted octanol–water partition coefficient (Wildman–Crippen LogP) is 2.73. The first kappa shape index (κ1) is 16.8. The number of hydrogen-bond acceptors (Lipinski definition) is 4. The van der Waals surface area contributed by atoms with E-state index in [-0.39, 0.29) is 24.2 Å². The Morgan fingerprint density at radius 3 is 2.69 bits per heavy atom. The van der Waals surface area contributed by atoms with E-state index < -0.39 is 0 Å². The average Bonchev–Trinajstić information content (AvgIpc) is 3.21. The molecule has 1 aliphatic carbocycles. The summed E-state index contributed by atoms with van der Waals surface area (Å²) < 4.78 is 3.01. The summed E-state index contributed by atoms with van der Waals surface area (Å²) in [5, 5.41) is 9.26. The molecule has 2 aromatic heterocycles. The molecule has 1 aliphatic rings. The van der Waals surface area contributed by atoms with Crippen LogP contribution in [-0.4, -0.2) is 20.3 Å². The molecular formula is C19H20N4O2S. The minimum absolute atomic E-state index is 0.0667. The first-order valence-electron chi connectivity index (χ1n) is 8.67. The summed E-state index contributed by atoms with van der Waals surface area (Å²) in [6.07, 6.45) is 1.98. The summed E-state index contributed by atoms with van der Waals surface area (Å²) in [5.41, 5.74) is 2.00. The highest BCUT2D eigenvalue weighted by Crippen LogP contribution is 2.37. The third kappa shape index (κ3) is 3.48. The molecule has 2 heterocycles. The van der Waals surface area contributed by atoms with Crippen LogP contribution in [0.15, 0.2) is 46.6 Å². The zero-order valence-electron chi connectivity index (χ0n) is 14.5. The second kappa shape index (κ2) is 6.92. The maximum absolute atomic E-state index is 12.7. The molecule has 0 saturated heterocycles. The van der Waals surface area contributed by atoms with Crippen molar-refractivity contribution >= 4 is 17.2 Å². The number of aryl methyl sites for hydroxylation is 1. The van der Waals surface area contributed by atoms with Crippen molar-refractivity contribution in [3.63, 3.8) is 0 Å². The molecule has 1 aromatic carbocycles. The lowest BCUT2D eigenvalue weighted by Crippen LogP contribution is -2.33. The standard InChI is InChI=1S/C19H20N4O2S/c1-13-4-6-14(7-5-13)11-20-17(24)12-22-19(25)23(15-8-9-15)18(21-22)16-3-2-10-26-16/h2-7,10,15H,8-9,11-12H2,1H3,(H,20,24). The summed E-state index contributed by atoms with van der Waals surface area (Å²) in [4.78, 5) is 25.9. The van der Waals surface area contributed by atoms with Crippen molar-refractivity contribution < 1.29 is 4.79 Å². The highest BCUT2D eigenvalue weighted by Gasteiger charge is 2.31. The Labute approximate surface area is 155 Å². The molecule has 0 bridgehead atoms. The van der Waals surface area contributed by atoms with Crippen LogP contribution in [0.2, 0.25) is 0 Å². The number of thiophene rings is 1. The van der Waals surface area contributed by atoms with Crippen molar-refractivity contribution in [2.75, 3.05) is 0 Å². The van der Waals surface area contributed by atoms with E-state index in [2.05, 4.69) is 10.4 Å². The van der Waals surface area contributed by atoms with E-state index in [0.29, 0.717) is 12.4 Å². The number of carbonyl (C=O) groups is 1. The fourth-order valence-corrected chi connectivity index (χ4v) is 3.56. The lowest BCUT2D eigenvalue weighted by Gasteiger charge is -2.05. The van der Waals surface area contributed by atoms with Crippen LogP contribution in [0.25, 0.3) is 10.7 Å². The Morgan fingerprint density at radius 2 is 2.04 bits per heavy atom. The molecule has 0 atom stereocenters. The van der Waals surface area contributed by atoms with Gasteiger partial charge in [0.15, 0.2) is 5.82 Å². The maximum atomic E-state index is 12.7. The van der Waals surface area contributed by atoms with Crippen LogP contribution in [0.1, 0.15) is 30.0 Å². The van der Waals surface area contributed by atoms with Crippen molar-refractivity contribution in [3.05, 3.63) is 63.4 Å². The van der Waals surface area contributed by atoms with Crippen molar-refractivity contribution in [2.45, 2.75) is 38.9 Å². The van der Waals surface area contributed by atoms with Gasteiger partial charge in [0, 0.05) is 12.6 Å². The Kier molecular flexibility index (Phi) is 4.46. The highest BCUT2D eigenvalue weighted by molar-refractivity contribution is 7.13. The predicted molar refractivity (Wildman–Crippen MR) is 101 cm³/mol. The molecule has 0 aliphatic heterocycles. The molecule has 4 rings (SSSR count). The zero-order chi connectivity index (χ0) is 18.1. The van der Waals surface area contributed by atoms with Gasteiger partial charge in [-0.2, -0.15) is 0 Å². The number of nitrogens with zero attached hydrogens (tertiary/aromatic N) is 3. The Morgan fingerprint density at radius 1 is 1.27 bits per heavy atom. The van der Waals surface area contributed by atoms with Crippen LogP contribution < -0.4 is 11.0 Å². The number of benzene rings is 1. The fraction of sp³-hybridized carbons (Fsp3) is 0.316. The van der Waals surface area contributed by atoms with Gasteiger partial charge in [-0.1, -0.05) is 35.9 Å². The first-order chi connectivity index (χ1) is 12.6. The zero-order valence-corrected chi connectivity index (χ0v) is 15.3. The maximum Gasteiger partial charge on any atom is 0.346 e. The van der Waals surface area contributed by atoms with Crippen LogP contribution in [0.5, 0.6) is 0 Å². The van der Waals surface area contributed by atoms with Gasteiger partial charge in [-0.15, -0.1) is 16.4 Å². The van der Waals surface area contributed by atoms with Gasteiger partial charge in [-0.25, -0.2) is 9.48 Å². The number of amides is 1. The van der Waals surface area contributed by atoms with Crippen molar-refractivity contribution in [2.24, 2.45) is 0 Å². The van der Waals surface area contributed by atoms with Gasteiger partial charge in [0.05, 0.1) is 4.88 Å². The molecule has 7 heteroatoms. The molecule has 1 N–H and O–H groups in total. The van der Waals surface area contributed by atoms with Gasteiger partial charge >= 0.3 is 5.69 Å². The van der Waals surface area contributed by atoms with E-state index in [1.807, 2.05) is 48.7 Å². The van der Waals surface area contributed by atoms with Crippen molar-refractivity contribution in [1.82, 2.24) is 19.7 Å². The summed E-state index contributed by atoms with van der Waals surface area (Å²) in [7, 11) is 0. The number of rotatable bonds is 6. The molecule has 1 saturated carbocycles. The van der Waals surface area contributed by atoms with Gasteiger partial charge in [0.1, 0.15) is 6.54 Å². The first-order valence-corrected chi connectivity index (χ1v) is 9.55. The topological polar surface area (TPSA) is 68.9 Å². The normalized spacial score (nSPS) is 13.7. The van der Waals surface area contributed by atoms with Gasteiger partial charge in [-0.05, 0) is 36.8 Å². The van der Waals surface area contributed by atoms with E-state index in [0.717, 1.165) is 23.3 Å². The summed E-state index contributed by atoms with van der Waals surface area (Å²) in [6, 6.07) is 12.1. The quantitative estimate of drug-likeness (QED) is 0.727. The molecular weight excluding hydrogens is 348 g/mol. The van der Waals surface area contributed by atoms with Crippen LogP contribution in [0.3, 0.4) is 0 Å². The van der Waals surface area contributed by atoms with E-state index in [4.69, 9.17) is 0 Å². The number of hydrogen-bond donors (Lipinski definition) is 1. The van der Waals surface area contributed by atoms with Gasteiger partial charge in [0.2, 0.25) is 5.91 Å². The minimum atomic E-state index is -0.217. The number of carbonyl (C=O) groups excluding carboxylic acids is 1. The molecule has 0 spiro atoms. The minimum Gasteiger partial charge on any atom is -0.350 e. The van der Waals surface area contributed by atoms with E-state index in [1.165, 1.54) is 10.2 Å². The molecule has 1 fully saturated rings. The Bertz CT molecular complexity index is 966. The van der Waals surface area contributed by atoms with Gasteiger partial charge < -0.3 is 5.32 Å². The molecule has 3 aromatic rings. The monoisotopic (exact) mass is 368 g/mol. The average molecular weight is 368 g/mol. The molecule has 0 radical (unpaired) electrons. The van der Waals surface area contributed by atoms with E-state index >= 15 is 0 Å². The number of aromatic nitrogens is 3. The second-order valence-corrected chi connectivity index (χ2v) is 7.55. The number of nitrogens with one attached hydrogen (secondary N) is 1. The molecule has 26 heavy (non-hydrogen) atoms. The lowest BCUT2D eigenvalue weighted by molar-refractivity contribution is -0.122.